The van der Waals surface area contributed by atoms with Gasteiger partial charge in [0.05, 0.1) is 7.11 Å². The quantitative estimate of drug-likeness (QED) is 0.867. The van der Waals surface area contributed by atoms with Crippen molar-refractivity contribution in [3.63, 3.8) is 0 Å². The van der Waals surface area contributed by atoms with Gasteiger partial charge in [-0.3, -0.25) is 0 Å². The summed E-state index contributed by atoms with van der Waals surface area (Å²) in [5, 5.41) is 0. The standard InChI is InChI=1S/C15H23NO/c1-11-7-8-15(17-2)13(9-11)10-14(16)12-5-3-4-6-12/h7-9,12,14H,3-6,10,16H2,1-2H3. The maximum atomic E-state index is 6.33. The molecule has 2 N–H and O–H groups in total. The number of benzene rings is 1. The molecule has 17 heavy (non-hydrogen) atoms. The second-order valence-corrected chi connectivity index (χ2v) is 5.23. The van der Waals surface area contributed by atoms with Gasteiger partial charge in [0.2, 0.25) is 0 Å². The van der Waals surface area contributed by atoms with Gasteiger partial charge in [-0.15, -0.1) is 0 Å². The van der Waals surface area contributed by atoms with Crippen LogP contribution in [0.15, 0.2) is 18.2 Å². The number of aryl methyl sites for hydroxylation is 1. The van der Waals surface area contributed by atoms with Crippen molar-refractivity contribution in [1.29, 1.82) is 0 Å². The molecule has 0 aliphatic heterocycles. The molecule has 1 aliphatic rings. The fourth-order valence-corrected chi connectivity index (χ4v) is 2.87. The first-order chi connectivity index (χ1) is 8.20. The molecule has 0 aromatic heterocycles. The molecule has 2 nitrogen and oxygen atoms in total. The van der Waals surface area contributed by atoms with Gasteiger partial charge in [-0.25, -0.2) is 0 Å². The van der Waals surface area contributed by atoms with Crippen molar-refractivity contribution in [2.75, 3.05) is 7.11 Å². The molecule has 2 rings (SSSR count). The normalized spacial score (nSPS) is 18.3. The lowest BCUT2D eigenvalue weighted by Crippen LogP contribution is -2.30. The van der Waals surface area contributed by atoms with Crippen LogP contribution in [0.2, 0.25) is 0 Å². The molecular formula is C15H23NO. The second-order valence-electron chi connectivity index (χ2n) is 5.23. The highest BCUT2D eigenvalue weighted by Crippen LogP contribution is 2.30. The molecule has 94 valence electrons. The van der Waals surface area contributed by atoms with Crippen molar-refractivity contribution >= 4 is 0 Å². The number of hydrogen-bond donors (Lipinski definition) is 1. The maximum absolute atomic E-state index is 6.33. The van der Waals surface area contributed by atoms with Gasteiger partial charge < -0.3 is 10.5 Å². The highest BCUT2D eigenvalue weighted by Gasteiger charge is 2.22. The van der Waals surface area contributed by atoms with Crippen LogP contribution in [0, 0.1) is 12.8 Å². The van der Waals surface area contributed by atoms with Gasteiger partial charge in [0, 0.05) is 6.04 Å². The molecule has 1 atom stereocenters. The summed E-state index contributed by atoms with van der Waals surface area (Å²) >= 11 is 0. The molecule has 2 heteroatoms. The molecule has 1 aromatic rings. The number of nitrogens with two attached hydrogens (primary N) is 1. The van der Waals surface area contributed by atoms with Crippen molar-refractivity contribution in [2.45, 2.75) is 45.1 Å². The van der Waals surface area contributed by atoms with Gasteiger partial charge in [-0.1, -0.05) is 30.5 Å². The largest absolute Gasteiger partial charge is 0.496 e. The zero-order chi connectivity index (χ0) is 12.3. The Kier molecular flexibility index (Phi) is 4.06. The van der Waals surface area contributed by atoms with Crippen LogP contribution in [-0.2, 0) is 6.42 Å². The third-order valence-corrected chi connectivity index (χ3v) is 3.90. The minimum atomic E-state index is 0.285. The van der Waals surface area contributed by atoms with E-state index in [-0.39, 0.29) is 6.04 Å². The molecule has 1 aromatic carbocycles. The summed E-state index contributed by atoms with van der Waals surface area (Å²) in [5.41, 5.74) is 8.86. The van der Waals surface area contributed by atoms with Crippen LogP contribution in [0.3, 0.4) is 0 Å². The van der Waals surface area contributed by atoms with E-state index in [9.17, 15) is 0 Å². The predicted molar refractivity (Wildman–Crippen MR) is 71.4 cm³/mol. The zero-order valence-corrected chi connectivity index (χ0v) is 10.9. The van der Waals surface area contributed by atoms with Crippen LogP contribution in [0.5, 0.6) is 5.75 Å². The van der Waals surface area contributed by atoms with Crippen LogP contribution in [0.1, 0.15) is 36.8 Å². The van der Waals surface area contributed by atoms with Gasteiger partial charge >= 0.3 is 0 Å². The molecule has 0 saturated heterocycles. The van der Waals surface area contributed by atoms with E-state index in [4.69, 9.17) is 10.5 Å². The van der Waals surface area contributed by atoms with E-state index < -0.39 is 0 Å². The van der Waals surface area contributed by atoms with E-state index in [1.807, 2.05) is 6.07 Å². The number of hydrogen-bond acceptors (Lipinski definition) is 2. The summed E-state index contributed by atoms with van der Waals surface area (Å²) < 4.78 is 5.41. The van der Waals surface area contributed by atoms with E-state index in [1.165, 1.54) is 36.8 Å². The van der Waals surface area contributed by atoms with Crippen LogP contribution in [-0.4, -0.2) is 13.2 Å². The smallest absolute Gasteiger partial charge is 0.122 e. The topological polar surface area (TPSA) is 35.2 Å². The molecule has 0 spiro atoms. The summed E-state index contributed by atoms with van der Waals surface area (Å²) in [4.78, 5) is 0. The lowest BCUT2D eigenvalue weighted by atomic mass is 9.92. The summed E-state index contributed by atoms with van der Waals surface area (Å²) in [7, 11) is 1.73. The van der Waals surface area contributed by atoms with Gasteiger partial charge in [-0.05, 0) is 43.7 Å². The SMILES string of the molecule is COc1ccc(C)cc1CC(N)C1CCCC1. The van der Waals surface area contributed by atoms with Gasteiger partial charge in [0.15, 0.2) is 0 Å². The van der Waals surface area contributed by atoms with Crippen molar-refractivity contribution in [3.8, 4) is 5.75 Å². The summed E-state index contributed by atoms with van der Waals surface area (Å²) in [5.74, 6) is 1.68. The van der Waals surface area contributed by atoms with Crippen LogP contribution >= 0.6 is 0 Å². The summed E-state index contributed by atoms with van der Waals surface area (Å²) in [6.45, 7) is 2.12. The van der Waals surface area contributed by atoms with E-state index in [1.54, 1.807) is 7.11 Å². The molecule has 1 unspecified atom stereocenters. The van der Waals surface area contributed by atoms with Crippen LogP contribution in [0.25, 0.3) is 0 Å². The third-order valence-electron chi connectivity index (χ3n) is 3.90. The predicted octanol–water partition coefficient (Wildman–Crippen LogP) is 3.06. The third kappa shape index (κ3) is 3.01. The first-order valence-corrected chi connectivity index (χ1v) is 6.60. The molecular weight excluding hydrogens is 210 g/mol. The Bertz CT molecular complexity index is 369. The number of methoxy groups -OCH3 is 1. The first kappa shape index (κ1) is 12.4. The molecule has 1 aliphatic carbocycles. The lowest BCUT2D eigenvalue weighted by molar-refractivity contribution is 0.394. The summed E-state index contributed by atoms with van der Waals surface area (Å²) in [6, 6.07) is 6.62. The lowest BCUT2D eigenvalue weighted by Gasteiger charge is -2.20. The van der Waals surface area contributed by atoms with Crippen molar-refractivity contribution < 1.29 is 4.74 Å². The van der Waals surface area contributed by atoms with Crippen LogP contribution in [0.4, 0.5) is 0 Å². The Morgan fingerprint density at radius 3 is 2.71 bits per heavy atom. The Morgan fingerprint density at radius 2 is 2.06 bits per heavy atom. The van der Waals surface area contributed by atoms with Gasteiger partial charge in [-0.2, -0.15) is 0 Å². The monoisotopic (exact) mass is 233 g/mol. The molecule has 1 saturated carbocycles. The van der Waals surface area contributed by atoms with Gasteiger partial charge in [0.25, 0.3) is 0 Å². The van der Waals surface area contributed by atoms with Gasteiger partial charge in [0.1, 0.15) is 5.75 Å². The fraction of sp³-hybridized carbons (Fsp3) is 0.600. The highest BCUT2D eigenvalue weighted by molar-refractivity contribution is 5.37. The molecule has 0 radical (unpaired) electrons. The average Bonchev–Trinajstić information content (AvgIpc) is 2.83. The second kappa shape index (κ2) is 5.54. The molecule has 1 fully saturated rings. The maximum Gasteiger partial charge on any atom is 0.122 e. The van der Waals surface area contributed by atoms with Crippen molar-refractivity contribution in [1.82, 2.24) is 0 Å². The number of ether oxygens (including phenoxy) is 1. The van der Waals surface area contributed by atoms with E-state index in [2.05, 4.69) is 19.1 Å². The zero-order valence-electron chi connectivity index (χ0n) is 10.9. The van der Waals surface area contributed by atoms with Crippen LogP contribution < -0.4 is 10.5 Å². The van der Waals surface area contributed by atoms with E-state index in [0.29, 0.717) is 5.92 Å². The Labute approximate surface area is 104 Å². The molecule has 0 heterocycles. The van der Waals surface area contributed by atoms with E-state index in [0.717, 1.165) is 12.2 Å². The summed E-state index contributed by atoms with van der Waals surface area (Å²) in [6.07, 6.45) is 6.24. The number of rotatable bonds is 4. The Morgan fingerprint density at radius 1 is 1.35 bits per heavy atom. The highest BCUT2D eigenvalue weighted by atomic mass is 16.5. The minimum absolute atomic E-state index is 0.285. The molecule has 0 amide bonds. The van der Waals surface area contributed by atoms with Crippen molar-refractivity contribution in [3.05, 3.63) is 29.3 Å². The van der Waals surface area contributed by atoms with Crippen molar-refractivity contribution in [2.24, 2.45) is 11.7 Å². The average molecular weight is 233 g/mol. The Balaban J connectivity index is 2.08. The minimum Gasteiger partial charge on any atom is -0.496 e. The van der Waals surface area contributed by atoms with E-state index >= 15 is 0 Å². The molecule has 0 bridgehead atoms. The fourth-order valence-electron chi connectivity index (χ4n) is 2.87. The Hall–Kier alpha value is -1.02. The first-order valence-electron chi connectivity index (χ1n) is 6.60.